The van der Waals surface area contributed by atoms with Crippen molar-refractivity contribution in [2.45, 2.75) is 6.42 Å². The molecule has 0 spiro atoms. The van der Waals surface area contributed by atoms with Gasteiger partial charge in [-0.15, -0.1) is 11.6 Å². The first kappa shape index (κ1) is 14.3. The summed E-state index contributed by atoms with van der Waals surface area (Å²) >= 11 is 11.7. The molecule has 0 saturated heterocycles. The van der Waals surface area contributed by atoms with E-state index in [1.807, 2.05) is 0 Å². The predicted molar refractivity (Wildman–Crippen MR) is 80.4 cm³/mol. The Balaban J connectivity index is 2.36. The van der Waals surface area contributed by atoms with Crippen molar-refractivity contribution < 1.29 is 8.78 Å². The van der Waals surface area contributed by atoms with Crippen molar-refractivity contribution in [2.24, 2.45) is 0 Å². The largest absolute Gasteiger partial charge is 0.293 e. The average molecular weight is 327 g/mol. The van der Waals surface area contributed by atoms with Crippen molar-refractivity contribution in [3.05, 3.63) is 58.9 Å². The van der Waals surface area contributed by atoms with E-state index in [4.69, 9.17) is 23.2 Å². The molecule has 3 rings (SSSR count). The summed E-state index contributed by atoms with van der Waals surface area (Å²) in [5.41, 5.74) is 0.906. The van der Waals surface area contributed by atoms with Gasteiger partial charge in [0.05, 0.1) is 11.2 Å². The number of para-hydroxylation sites is 1. The highest BCUT2D eigenvalue weighted by Gasteiger charge is 2.17. The molecule has 21 heavy (non-hydrogen) atoms. The number of halogens is 4. The maximum absolute atomic E-state index is 14.1. The van der Waals surface area contributed by atoms with Crippen LogP contribution in [0.15, 0.2) is 36.4 Å². The van der Waals surface area contributed by atoms with E-state index in [1.165, 1.54) is 24.3 Å². The minimum Gasteiger partial charge on any atom is -0.293 e. The van der Waals surface area contributed by atoms with Crippen LogP contribution in [0.3, 0.4) is 0 Å². The van der Waals surface area contributed by atoms with E-state index in [1.54, 1.807) is 16.7 Å². The molecule has 2 nitrogen and oxygen atoms in total. The van der Waals surface area contributed by atoms with Gasteiger partial charge in [0.1, 0.15) is 17.2 Å². The summed E-state index contributed by atoms with van der Waals surface area (Å²) in [6.45, 7) is 0. The van der Waals surface area contributed by atoms with E-state index < -0.39 is 11.6 Å². The van der Waals surface area contributed by atoms with Gasteiger partial charge < -0.3 is 0 Å². The van der Waals surface area contributed by atoms with Crippen LogP contribution < -0.4 is 0 Å². The minimum absolute atomic E-state index is 0.192. The summed E-state index contributed by atoms with van der Waals surface area (Å²) in [7, 11) is 0. The van der Waals surface area contributed by atoms with Gasteiger partial charge in [-0.25, -0.2) is 13.8 Å². The first-order valence-electron chi connectivity index (χ1n) is 6.29. The number of fused-ring (bicyclic) bond motifs is 1. The third kappa shape index (κ3) is 2.49. The molecular formula is C15H10Cl2F2N2. The molecule has 1 aromatic heterocycles. The Morgan fingerprint density at radius 3 is 2.67 bits per heavy atom. The third-order valence-corrected chi connectivity index (χ3v) is 3.60. The van der Waals surface area contributed by atoms with Gasteiger partial charge in [0, 0.05) is 17.3 Å². The zero-order valence-corrected chi connectivity index (χ0v) is 12.3. The second-order valence-corrected chi connectivity index (χ2v) is 5.32. The van der Waals surface area contributed by atoms with Crippen LogP contribution >= 0.6 is 23.2 Å². The lowest BCUT2D eigenvalue weighted by molar-refractivity contribution is 0.617. The molecule has 6 heteroatoms. The van der Waals surface area contributed by atoms with Gasteiger partial charge in [-0.1, -0.05) is 17.7 Å². The van der Waals surface area contributed by atoms with Crippen LogP contribution in [0.25, 0.3) is 16.7 Å². The van der Waals surface area contributed by atoms with E-state index in [0.717, 1.165) is 0 Å². The molecule has 0 N–H and O–H groups in total. The monoisotopic (exact) mass is 326 g/mol. The summed E-state index contributed by atoms with van der Waals surface area (Å²) in [6.07, 6.45) is 0.391. The van der Waals surface area contributed by atoms with Crippen molar-refractivity contribution in [1.29, 1.82) is 0 Å². The van der Waals surface area contributed by atoms with Crippen LogP contribution in [0.1, 0.15) is 5.82 Å². The molecule has 0 saturated carbocycles. The Morgan fingerprint density at radius 1 is 1.10 bits per heavy atom. The number of hydrogen-bond donors (Lipinski definition) is 0. The van der Waals surface area contributed by atoms with Crippen LogP contribution in [-0.4, -0.2) is 15.4 Å². The Morgan fingerprint density at radius 2 is 1.90 bits per heavy atom. The normalized spacial score (nSPS) is 11.2. The molecule has 2 aromatic carbocycles. The number of aromatic nitrogens is 2. The van der Waals surface area contributed by atoms with Gasteiger partial charge >= 0.3 is 0 Å². The van der Waals surface area contributed by atoms with Crippen LogP contribution in [-0.2, 0) is 6.42 Å². The second kappa shape index (κ2) is 5.62. The standard InChI is InChI=1S/C15H10Cl2F2N2/c16-7-6-14-20-15-11(19)2-1-3-12(15)21(14)13-8-9(17)4-5-10(13)18/h1-5,8H,6-7H2. The molecule has 3 aromatic rings. The van der Waals surface area contributed by atoms with E-state index in [0.29, 0.717) is 28.7 Å². The van der Waals surface area contributed by atoms with Gasteiger partial charge in [-0.2, -0.15) is 0 Å². The zero-order valence-electron chi connectivity index (χ0n) is 10.8. The first-order valence-corrected chi connectivity index (χ1v) is 7.20. The number of rotatable bonds is 3. The molecule has 1 heterocycles. The Labute approximate surface area is 129 Å². The summed E-state index contributed by atoms with van der Waals surface area (Å²) in [4.78, 5) is 4.24. The Hall–Kier alpha value is -1.65. The molecule has 0 amide bonds. The van der Waals surface area contributed by atoms with Crippen LogP contribution in [0.5, 0.6) is 0 Å². The highest BCUT2D eigenvalue weighted by molar-refractivity contribution is 6.30. The lowest BCUT2D eigenvalue weighted by Crippen LogP contribution is -2.04. The lowest BCUT2D eigenvalue weighted by Gasteiger charge is -2.10. The van der Waals surface area contributed by atoms with Crippen LogP contribution in [0.4, 0.5) is 8.78 Å². The van der Waals surface area contributed by atoms with Crippen LogP contribution in [0.2, 0.25) is 5.02 Å². The molecular weight excluding hydrogens is 317 g/mol. The van der Waals surface area contributed by atoms with Crippen molar-refractivity contribution in [3.63, 3.8) is 0 Å². The van der Waals surface area contributed by atoms with E-state index >= 15 is 0 Å². The van der Waals surface area contributed by atoms with Gasteiger partial charge in [-0.3, -0.25) is 4.57 Å². The van der Waals surface area contributed by atoms with E-state index in [-0.39, 0.29) is 11.2 Å². The number of aryl methyl sites for hydroxylation is 1. The number of alkyl halides is 1. The minimum atomic E-state index is -0.459. The summed E-state index contributed by atoms with van der Waals surface area (Å²) < 4.78 is 29.6. The zero-order chi connectivity index (χ0) is 15.0. The maximum Gasteiger partial charge on any atom is 0.151 e. The Kier molecular flexibility index (Phi) is 3.83. The summed E-state index contributed by atoms with van der Waals surface area (Å²) in [5, 5.41) is 0.390. The molecule has 0 atom stereocenters. The Bertz CT molecular complexity index is 815. The van der Waals surface area contributed by atoms with Gasteiger partial charge in [0.2, 0.25) is 0 Å². The van der Waals surface area contributed by atoms with E-state index in [9.17, 15) is 8.78 Å². The smallest absolute Gasteiger partial charge is 0.151 e. The van der Waals surface area contributed by atoms with Crippen molar-refractivity contribution in [2.75, 3.05) is 5.88 Å². The number of nitrogens with zero attached hydrogens (tertiary/aromatic N) is 2. The van der Waals surface area contributed by atoms with Gasteiger partial charge in [-0.05, 0) is 30.3 Å². The molecule has 0 aliphatic rings. The highest BCUT2D eigenvalue weighted by atomic mass is 35.5. The van der Waals surface area contributed by atoms with Crippen molar-refractivity contribution in [3.8, 4) is 5.69 Å². The van der Waals surface area contributed by atoms with Crippen LogP contribution in [0, 0.1) is 11.6 Å². The SMILES string of the molecule is Fc1ccc(Cl)cc1-n1c(CCCl)nc2c(F)cccc21. The average Bonchev–Trinajstić information content (AvgIpc) is 2.82. The fourth-order valence-electron chi connectivity index (χ4n) is 2.29. The molecule has 0 radical (unpaired) electrons. The summed E-state index contributed by atoms with van der Waals surface area (Å²) in [5.74, 6) is -0.123. The fourth-order valence-corrected chi connectivity index (χ4v) is 2.63. The van der Waals surface area contributed by atoms with Crippen molar-refractivity contribution >= 4 is 34.2 Å². The molecule has 0 fully saturated rings. The third-order valence-electron chi connectivity index (χ3n) is 3.17. The summed E-state index contributed by atoms with van der Waals surface area (Å²) in [6, 6.07) is 8.78. The molecule has 0 unspecified atom stereocenters. The number of benzene rings is 2. The number of imidazole rings is 1. The van der Waals surface area contributed by atoms with Crippen molar-refractivity contribution in [1.82, 2.24) is 9.55 Å². The quantitative estimate of drug-likeness (QED) is 0.636. The molecule has 108 valence electrons. The van der Waals surface area contributed by atoms with Gasteiger partial charge in [0.15, 0.2) is 5.82 Å². The van der Waals surface area contributed by atoms with E-state index in [2.05, 4.69) is 4.98 Å². The first-order chi connectivity index (χ1) is 10.1. The second-order valence-electron chi connectivity index (χ2n) is 4.51. The highest BCUT2D eigenvalue weighted by Crippen LogP contribution is 2.27. The molecule has 0 aliphatic heterocycles. The molecule has 0 aliphatic carbocycles. The fraction of sp³-hybridized carbons (Fsp3) is 0.133. The molecule has 0 bridgehead atoms. The maximum atomic E-state index is 14.1. The topological polar surface area (TPSA) is 17.8 Å². The lowest BCUT2D eigenvalue weighted by atomic mass is 10.2. The predicted octanol–water partition coefficient (Wildman–Crippen LogP) is 4.74. The van der Waals surface area contributed by atoms with Gasteiger partial charge in [0.25, 0.3) is 0 Å². The number of hydrogen-bond acceptors (Lipinski definition) is 1.